The van der Waals surface area contributed by atoms with Crippen LogP contribution in [0.4, 0.5) is 16.0 Å². The van der Waals surface area contributed by atoms with Crippen LogP contribution in [0, 0.1) is 11.2 Å². The van der Waals surface area contributed by atoms with Crippen LogP contribution in [0.1, 0.15) is 85.5 Å². The third-order valence-electron chi connectivity index (χ3n) is 9.91. The fourth-order valence-corrected chi connectivity index (χ4v) is 7.42. The number of pyridine rings is 1. The smallest absolute Gasteiger partial charge is 0.257 e. The van der Waals surface area contributed by atoms with Gasteiger partial charge in [-0.2, -0.15) is 0 Å². The van der Waals surface area contributed by atoms with Gasteiger partial charge >= 0.3 is 0 Å². The van der Waals surface area contributed by atoms with Crippen molar-refractivity contribution < 1.29 is 18.7 Å². The van der Waals surface area contributed by atoms with E-state index < -0.39 is 11.7 Å². The van der Waals surface area contributed by atoms with E-state index in [1.54, 1.807) is 25.5 Å². The molecule has 2 saturated heterocycles. The Morgan fingerprint density at radius 1 is 1.14 bits per heavy atom. The lowest BCUT2D eigenvalue weighted by atomic mass is 9.86. The second kappa shape index (κ2) is 10.0. The number of hydrogen-bond donors (Lipinski definition) is 2. The molecule has 5 heterocycles. The van der Waals surface area contributed by atoms with Gasteiger partial charge < -0.3 is 20.7 Å². The normalized spacial score (nSPS) is 22.0. The van der Waals surface area contributed by atoms with Gasteiger partial charge in [0, 0.05) is 49.1 Å². The number of amides is 2. The summed E-state index contributed by atoms with van der Waals surface area (Å²) in [7, 11) is 0. The summed E-state index contributed by atoms with van der Waals surface area (Å²) in [6.45, 7) is 2.62. The van der Waals surface area contributed by atoms with Crippen molar-refractivity contribution in [1.29, 1.82) is 0 Å². The van der Waals surface area contributed by atoms with Gasteiger partial charge in [-0.3, -0.25) is 14.0 Å². The van der Waals surface area contributed by atoms with E-state index in [-0.39, 0.29) is 46.5 Å². The molecule has 2 aliphatic carbocycles. The SMILES string of the molecule is CCOc1cc(C(=O)Nc2cc(C3CC3)ccn2)cc(F)c1-c1nc([C@@H]2CC[C@@H]3N(C2)C(=O)CC32CC2)n2ccnc(N)c12. The molecule has 2 saturated carbocycles. The number of halogens is 1. The van der Waals surface area contributed by atoms with Crippen molar-refractivity contribution in [3.8, 4) is 17.0 Å². The average Bonchev–Trinajstić information content (AvgIpc) is 3.94. The van der Waals surface area contributed by atoms with E-state index in [4.69, 9.17) is 15.5 Å². The number of piperidine rings is 1. The molecule has 2 aliphatic heterocycles. The molecule has 2 atom stereocenters. The number of nitrogens with two attached hydrogens (primary N) is 1. The largest absolute Gasteiger partial charge is 0.493 e. The first-order chi connectivity index (χ1) is 21.3. The molecular weight excluding hydrogens is 561 g/mol. The summed E-state index contributed by atoms with van der Waals surface area (Å²) >= 11 is 0. The number of nitrogens with one attached hydrogen (secondary N) is 1. The number of hydrogen-bond acceptors (Lipinski definition) is 7. The number of carbonyl (C=O) groups excluding carboxylic acids is 2. The van der Waals surface area contributed by atoms with Crippen LogP contribution in [0.2, 0.25) is 0 Å². The van der Waals surface area contributed by atoms with E-state index in [1.807, 2.05) is 21.4 Å². The molecule has 10 nitrogen and oxygen atoms in total. The zero-order valence-corrected chi connectivity index (χ0v) is 24.6. The second-order valence-electron chi connectivity index (χ2n) is 12.7. The lowest BCUT2D eigenvalue weighted by molar-refractivity contribution is -0.130. The Hall–Kier alpha value is -4.54. The van der Waals surface area contributed by atoms with E-state index in [2.05, 4.69) is 15.3 Å². The molecule has 0 radical (unpaired) electrons. The summed E-state index contributed by atoms with van der Waals surface area (Å²) in [5.74, 6) is 1.03. The number of benzene rings is 1. The fourth-order valence-electron chi connectivity index (χ4n) is 7.42. The molecule has 8 rings (SSSR count). The second-order valence-corrected chi connectivity index (χ2v) is 12.7. The molecule has 1 spiro atoms. The monoisotopic (exact) mass is 595 g/mol. The third-order valence-corrected chi connectivity index (χ3v) is 9.91. The third kappa shape index (κ3) is 4.39. The molecule has 4 aliphatic rings. The van der Waals surface area contributed by atoms with Gasteiger partial charge in [-0.25, -0.2) is 19.3 Å². The van der Waals surface area contributed by atoms with Gasteiger partial charge in [0.1, 0.15) is 40.2 Å². The Bertz CT molecular complexity index is 1830. The van der Waals surface area contributed by atoms with Gasteiger partial charge in [-0.05, 0) is 86.6 Å². The Balaban J connectivity index is 1.16. The zero-order chi connectivity index (χ0) is 30.2. The lowest BCUT2D eigenvalue weighted by Gasteiger charge is -2.37. The van der Waals surface area contributed by atoms with Crippen molar-refractivity contribution in [2.45, 2.75) is 69.7 Å². The number of imidazole rings is 1. The van der Waals surface area contributed by atoms with Crippen LogP contribution in [0.25, 0.3) is 16.8 Å². The van der Waals surface area contributed by atoms with Gasteiger partial charge in [0.05, 0.1) is 12.2 Å². The van der Waals surface area contributed by atoms with E-state index >= 15 is 4.39 Å². The highest BCUT2D eigenvalue weighted by Gasteiger charge is 2.60. The number of fused-ring (bicyclic) bond motifs is 3. The summed E-state index contributed by atoms with van der Waals surface area (Å²) in [6, 6.07) is 6.85. The topological polar surface area (TPSA) is 128 Å². The highest BCUT2D eigenvalue weighted by molar-refractivity contribution is 6.05. The van der Waals surface area contributed by atoms with Gasteiger partial charge in [0.15, 0.2) is 0 Å². The van der Waals surface area contributed by atoms with Crippen LogP contribution >= 0.6 is 0 Å². The van der Waals surface area contributed by atoms with Crippen molar-refractivity contribution in [2.24, 2.45) is 5.41 Å². The highest BCUT2D eigenvalue weighted by Crippen LogP contribution is 2.60. The minimum atomic E-state index is -0.662. The van der Waals surface area contributed by atoms with Crippen molar-refractivity contribution in [3.05, 3.63) is 65.6 Å². The van der Waals surface area contributed by atoms with Crippen molar-refractivity contribution >= 4 is 29.0 Å². The molecule has 0 unspecified atom stereocenters. The maximum atomic E-state index is 16.2. The number of nitrogen functional groups attached to an aromatic ring is 1. The number of rotatable bonds is 7. The zero-order valence-electron chi connectivity index (χ0n) is 24.6. The summed E-state index contributed by atoms with van der Waals surface area (Å²) in [5, 5.41) is 2.80. The molecular formula is C33H34FN7O3. The summed E-state index contributed by atoms with van der Waals surface area (Å²) in [6.07, 6.45) is 12.0. The number of aromatic nitrogens is 4. The van der Waals surface area contributed by atoms with Crippen LogP contribution < -0.4 is 15.8 Å². The summed E-state index contributed by atoms with van der Waals surface area (Å²) in [4.78, 5) is 41.8. The molecule has 3 aromatic heterocycles. The van der Waals surface area contributed by atoms with Gasteiger partial charge in [0.25, 0.3) is 5.91 Å². The number of ether oxygens (including phenoxy) is 1. The number of anilines is 2. The van der Waals surface area contributed by atoms with E-state index in [0.717, 1.165) is 44.1 Å². The molecule has 1 aromatic carbocycles. The van der Waals surface area contributed by atoms with E-state index in [9.17, 15) is 9.59 Å². The first-order valence-electron chi connectivity index (χ1n) is 15.5. The Morgan fingerprint density at radius 3 is 2.73 bits per heavy atom. The van der Waals surface area contributed by atoms with Crippen molar-refractivity contribution in [2.75, 3.05) is 24.2 Å². The average molecular weight is 596 g/mol. The van der Waals surface area contributed by atoms with Gasteiger partial charge in [0.2, 0.25) is 5.91 Å². The Morgan fingerprint density at radius 2 is 1.95 bits per heavy atom. The highest BCUT2D eigenvalue weighted by atomic mass is 19.1. The van der Waals surface area contributed by atoms with Crippen LogP contribution in [0.15, 0.2) is 42.9 Å². The van der Waals surface area contributed by atoms with Crippen molar-refractivity contribution in [3.63, 3.8) is 0 Å². The maximum absolute atomic E-state index is 16.2. The maximum Gasteiger partial charge on any atom is 0.257 e. The molecule has 4 fully saturated rings. The molecule has 0 bridgehead atoms. The van der Waals surface area contributed by atoms with Gasteiger partial charge in [-0.1, -0.05) is 0 Å². The standard InChI is InChI=1S/C33H34FN7O3/c1-2-44-23-14-21(32(43)38-25-15-19(7-10-36-25)18-3-4-18)13-22(34)27(23)28-29-30(35)37-11-12-40(29)31(39-28)20-5-6-24-33(8-9-33)16-26(42)41(24)17-20/h7,10-15,18,20,24H,2-6,8-9,16-17H2,1H3,(H2,35,37)(H,36,38,43)/t20-,24+/m1/s1. The minimum absolute atomic E-state index is 0.0466. The van der Waals surface area contributed by atoms with E-state index in [0.29, 0.717) is 47.8 Å². The van der Waals surface area contributed by atoms with Crippen LogP contribution in [-0.2, 0) is 4.79 Å². The minimum Gasteiger partial charge on any atom is -0.493 e. The molecule has 44 heavy (non-hydrogen) atoms. The molecule has 226 valence electrons. The molecule has 2 amide bonds. The lowest BCUT2D eigenvalue weighted by Crippen LogP contribution is -2.43. The quantitative estimate of drug-likeness (QED) is 0.297. The summed E-state index contributed by atoms with van der Waals surface area (Å²) < 4.78 is 24.0. The molecule has 3 N–H and O–H groups in total. The Labute approximate surface area is 253 Å². The van der Waals surface area contributed by atoms with Crippen molar-refractivity contribution in [1.82, 2.24) is 24.3 Å². The van der Waals surface area contributed by atoms with Crippen LogP contribution in [-0.4, -0.2) is 55.3 Å². The first kappa shape index (κ1) is 27.0. The number of carbonyl (C=O) groups is 2. The molecule has 4 aromatic rings. The van der Waals surface area contributed by atoms with Crippen LogP contribution in [0.5, 0.6) is 5.75 Å². The Kier molecular flexibility index (Phi) is 6.15. The van der Waals surface area contributed by atoms with Crippen LogP contribution in [0.3, 0.4) is 0 Å². The first-order valence-corrected chi connectivity index (χ1v) is 15.5. The fraction of sp³-hybridized carbons (Fsp3) is 0.424. The number of nitrogens with zero attached hydrogens (tertiary/aromatic N) is 5. The van der Waals surface area contributed by atoms with E-state index in [1.165, 1.54) is 12.1 Å². The predicted molar refractivity (Wildman–Crippen MR) is 162 cm³/mol. The van der Waals surface area contributed by atoms with Gasteiger partial charge in [-0.15, -0.1) is 0 Å². The molecule has 11 heteroatoms. The predicted octanol–water partition coefficient (Wildman–Crippen LogP) is 5.30. The summed E-state index contributed by atoms with van der Waals surface area (Å²) in [5.41, 5.74) is 8.68.